The number of nitrogens with two attached hydrogens (primary N) is 1. The molecule has 0 bridgehead atoms. The van der Waals surface area contributed by atoms with Crippen molar-refractivity contribution in [1.82, 2.24) is 4.90 Å². The van der Waals surface area contributed by atoms with E-state index >= 15 is 0 Å². The number of halogens is 2. The maximum absolute atomic E-state index is 12.4. The van der Waals surface area contributed by atoms with Crippen molar-refractivity contribution in [2.24, 2.45) is 5.73 Å². The van der Waals surface area contributed by atoms with Crippen molar-refractivity contribution in [3.05, 3.63) is 69.4 Å². The first kappa shape index (κ1) is 28.2. The van der Waals surface area contributed by atoms with E-state index in [0.717, 1.165) is 10.0 Å². The molecule has 2 rings (SSSR count). The molecule has 0 aromatic heterocycles. The van der Waals surface area contributed by atoms with E-state index < -0.39 is 21.8 Å². The highest BCUT2D eigenvalue weighted by Crippen LogP contribution is 2.27. The summed E-state index contributed by atoms with van der Waals surface area (Å²) in [6.07, 6.45) is -0.224. The Balaban J connectivity index is 1.88. The molecule has 0 saturated heterocycles. The minimum atomic E-state index is -3.82. The van der Waals surface area contributed by atoms with E-state index in [-0.39, 0.29) is 30.5 Å². The SMILES string of the molecule is C=C(N)N(Cc1ccc(OCCCOS(=O)(=O)c2ccc(Br)cc2)c(Br)c1)C(=O)OC(C)(C)C. The zero-order chi connectivity index (χ0) is 25.5. The lowest BCUT2D eigenvalue weighted by Gasteiger charge is -2.27. The Labute approximate surface area is 217 Å². The summed E-state index contributed by atoms with van der Waals surface area (Å²) in [5, 5.41) is 0. The van der Waals surface area contributed by atoms with Crippen molar-refractivity contribution >= 4 is 48.1 Å². The van der Waals surface area contributed by atoms with Gasteiger partial charge in [-0.25, -0.2) is 4.79 Å². The molecule has 0 aliphatic rings. The van der Waals surface area contributed by atoms with Crippen LogP contribution >= 0.6 is 31.9 Å². The number of benzene rings is 2. The summed E-state index contributed by atoms with van der Waals surface area (Å²) in [5.74, 6) is 0.638. The number of rotatable bonds is 10. The highest BCUT2D eigenvalue weighted by molar-refractivity contribution is 9.10. The lowest BCUT2D eigenvalue weighted by atomic mass is 10.2. The Morgan fingerprint density at radius 2 is 1.74 bits per heavy atom. The topological polar surface area (TPSA) is 108 Å². The van der Waals surface area contributed by atoms with Crippen molar-refractivity contribution in [3.8, 4) is 5.75 Å². The highest BCUT2D eigenvalue weighted by atomic mass is 79.9. The second-order valence-corrected chi connectivity index (χ2v) is 11.6. The fraction of sp³-hybridized carbons (Fsp3) is 0.348. The molecule has 0 saturated carbocycles. The first-order chi connectivity index (χ1) is 15.8. The molecular formula is C23H28Br2N2O6S. The third kappa shape index (κ3) is 8.94. The molecule has 0 radical (unpaired) electrons. The molecule has 0 spiro atoms. The van der Waals surface area contributed by atoms with Gasteiger partial charge in [0.15, 0.2) is 0 Å². The van der Waals surface area contributed by atoms with E-state index in [1.807, 2.05) is 0 Å². The Kier molecular flexibility index (Phi) is 9.98. The molecule has 2 N–H and O–H groups in total. The van der Waals surface area contributed by atoms with E-state index in [9.17, 15) is 13.2 Å². The fourth-order valence-electron chi connectivity index (χ4n) is 2.62. The van der Waals surface area contributed by atoms with E-state index in [0.29, 0.717) is 16.6 Å². The minimum absolute atomic E-state index is 0.0163. The van der Waals surface area contributed by atoms with Crippen LogP contribution in [0.25, 0.3) is 0 Å². The second-order valence-electron chi connectivity index (χ2n) is 8.25. The quantitative estimate of drug-likeness (QED) is 0.274. The molecular weight excluding hydrogens is 592 g/mol. The van der Waals surface area contributed by atoms with Crippen LogP contribution in [0.15, 0.2) is 68.7 Å². The molecule has 34 heavy (non-hydrogen) atoms. The van der Waals surface area contributed by atoms with Crippen molar-refractivity contribution in [3.63, 3.8) is 0 Å². The molecule has 0 aliphatic heterocycles. The molecule has 1 amide bonds. The number of carbonyl (C=O) groups is 1. The summed E-state index contributed by atoms with van der Waals surface area (Å²) >= 11 is 6.72. The number of hydrogen-bond donors (Lipinski definition) is 1. The van der Waals surface area contributed by atoms with Crippen molar-refractivity contribution in [2.75, 3.05) is 13.2 Å². The van der Waals surface area contributed by atoms with Gasteiger partial charge in [0, 0.05) is 10.9 Å². The van der Waals surface area contributed by atoms with Gasteiger partial charge in [0.2, 0.25) is 0 Å². The highest BCUT2D eigenvalue weighted by Gasteiger charge is 2.23. The number of carbonyl (C=O) groups excluding carboxylic acids is 1. The van der Waals surface area contributed by atoms with Gasteiger partial charge in [-0.05, 0) is 78.7 Å². The summed E-state index contributed by atoms with van der Waals surface area (Å²) in [6, 6.07) is 11.5. The lowest BCUT2D eigenvalue weighted by molar-refractivity contribution is 0.0299. The van der Waals surface area contributed by atoms with Gasteiger partial charge in [0.25, 0.3) is 10.1 Å². The molecule has 8 nitrogen and oxygen atoms in total. The van der Waals surface area contributed by atoms with Crippen LogP contribution in [-0.2, 0) is 25.6 Å². The van der Waals surface area contributed by atoms with Crippen molar-refractivity contribution in [2.45, 2.75) is 44.2 Å². The predicted octanol–water partition coefficient (Wildman–Crippen LogP) is 5.55. The van der Waals surface area contributed by atoms with Crippen molar-refractivity contribution < 1.29 is 26.9 Å². The number of amides is 1. The minimum Gasteiger partial charge on any atom is -0.492 e. The number of ether oxygens (including phenoxy) is 2. The van der Waals surface area contributed by atoms with Gasteiger partial charge in [-0.1, -0.05) is 28.6 Å². The van der Waals surface area contributed by atoms with Crippen LogP contribution in [0.1, 0.15) is 32.8 Å². The Bertz CT molecular complexity index is 1120. The zero-order valence-corrected chi connectivity index (χ0v) is 23.2. The van der Waals surface area contributed by atoms with E-state index in [1.165, 1.54) is 17.0 Å². The molecule has 11 heteroatoms. The number of nitrogens with zero attached hydrogens (tertiary/aromatic N) is 1. The van der Waals surface area contributed by atoms with Crippen LogP contribution < -0.4 is 10.5 Å². The predicted molar refractivity (Wildman–Crippen MR) is 137 cm³/mol. The molecule has 0 unspecified atom stereocenters. The standard InChI is InChI=1S/C23H28Br2N2O6S/c1-16(26)27(22(28)33-23(2,3)4)15-17-6-11-21(20(25)14-17)31-12-5-13-32-34(29,30)19-9-7-18(24)8-10-19/h6-11,14H,1,5,12-13,15,26H2,2-4H3. The van der Waals surface area contributed by atoms with Gasteiger partial charge in [-0.15, -0.1) is 0 Å². The average molecular weight is 620 g/mol. The summed E-state index contributed by atoms with van der Waals surface area (Å²) in [6.45, 7) is 9.36. The summed E-state index contributed by atoms with van der Waals surface area (Å²) in [4.78, 5) is 13.7. The van der Waals surface area contributed by atoms with Crippen LogP contribution in [0.2, 0.25) is 0 Å². The molecule has 0 atom stereocenters. The van der Waals surface area contributed by atoms with Crippen LogP contribution in [0.3, 0.4) is 0 Å². The Morgan fingerprint density at radius 1 is 1.09 bits per heavy atom. The van der Waals surface area contributed by atoms with Gasteiger partial charge >= 0.3 is 6.09 Å². The molecule has 0 fully saturated rings. The largest absolute Gasteiger partial charge is 0.492 e. The third-order valence-corrected chi connectivity index (χ3v) is 6.66. The zero-order valence-electron chi connectivity index (χ0n) is 19.2. The first-order valence-corrected chi connectivity index (χ1v) is 13.3. The van der Waals surface area contributed by atoms with Gasteiger partial charge in [0.05, 0.1) is 29.1 Å². The van der Waals surface area contributed by atoms with Gasteiger partial charge in [0.1, 0.15) is 17.2 Å². The Morgan fingerprint density at radius 3 is 2.29 bits per heavy atom. The number of hydrogen-bond acceptors (Lipinski definition) is 7. The van der Waals surface area contributed by atoms with Gasteiger partial charge in [-0.3, -0.25) is 9.08 Å². The van der Waals surface area contributed by atoms with Gasteiger partial charge in [-0.2, -0.15) is 8.42 Å². The van der Waals surface area contributed by atoms with Crippen LogP contribution in [0.5, 0.6) is 5.75 Å². The lowest BCUT2D eigenvalue weighted by Crippen LogP contribution is -2.37. The van der Waals surface area contributed by atoms with Crippen LogP contribution in [0.4, 0.5) is 4.79 Å². The van der Waals surface area contributed by atoms with E-state index in [2.05, 4.69) is 38.4 Å². The van der Waals surface area contributed by atoms with Crippen LogP contribution in [0, 0.1) is 0 Å². The summed E-state index contributed by atoms with van der Waals surface area (Å²) < 4.78 is 42.0. The average Bonchev–Trinajstić information content (AvgIpc) is 2.71. The third-order valence-electron chi connectivity index (χ3n) is 4.18. The monoisotopic (exact) mass is 618 g/mol. The van der Waals surface area contributed by atoms with Crippen molar-refractivity contribution in [1.29, 1.82) is 0 Å². The molecule has 2 aromatic carbocycles. The van der Waals surface area contributed by atoms with E-state index in [4.69, 9.17) is 19.4 Å². The fourth-order valence-corrected chi connectivity index (χ4v) is 4.37. The smallest absolute Gasteiger partial charge is 0.416 e. The Hall–Kier alpha value is -2.08. The molecule has 0 aliphatic carbocycles. The van der Waals surface area contributed by atoms with E-state index in [1.54, 1.807) is 51.1 Å². The molecule has 186 valence electrons. The summed E-state index contributed by atoms with van der Waals surface area (Å²) in [7, 11) is -3.82. The maximum Gasteiger partial charge on any atom is 0.416 e. The summed E-state index contributed by atoms with van der Waals surface area (Å²) in [5.41, 5.74) is 5.89. The second kappa shape index (κ2) is 12.1. The van der Waals surface area contributed by atoms with Crippen LogP contribution in [-0.4, -0.2) is 38.2 Å². The molecule has 0 heterocycles. The first-order valence-electron chi connectivity index (χ1n) is 10.3. The maximum atomic E-state index is 12.4. The molecule has 2 aromatic rings. The normalized spacial score (nSPS) is 11.7. The van der Waals surface area contributed by atoms with Gasteiger partial charge < -0.3 is 15.2 Å².